The molecule has 0 aromatic rings. The lowest BCUT2D eigenvalue weighted by Gasteiger charge is -2.21. The molecule has 0 aromatic heterocycles. The average Bonchev–Trinajstić information content (AvgIpc) is 1.81. The summed E-state index contributed by atoms with van der Waals surface area (Å²) in [4.78, 5) is 11.0. The first-order valence-electron chi connectivity index (χ1n) is 4.06. The van der Waals surface area contributed by atoms with Crippen LogP contribution in [0, 0.1) is 0 Å². The van der Waals surface area contributed by atoms with Gasteiger partial charge in [0.25, 0.3) is 0 Å². The second-order valence-electron chi connectivity index (χ2n) is 3.81. The number of halogens is 1. The number of hydrogen-bond donors (Lipinski definition) is 1. The Balaban J connectivity index is 3.96. The molecule has 1 atom stereocenters. The number of ether oxygens (including phenoxy) is 1. The van der Waals surface area contributed by atoms with Crippen LogP contribution in [-0.4, -0.2) is 17.7 Å². The third kappa shape index (κ3) is 6.13. The quantitative estimate of drug-likeness (QED) is 0.724. The van der Waals surface area contributed by atoms with Crippen LogP contribution in [0.2, 0.25) is 0 Å². The Labute approximate surface area is 78.0 Å². The average molecular weight is 189 g/mol. The maximum absolute atomic E-state index is 12.4. The Kier molecular flexibility index (Phi) is 3.91. The van der Waals surface area contributed by atoms with Crippen LogP contribution in [0.1, 0.15) is 27.7 Å². The summed E-state index contributed by atoms with van der Waals surface area (Å²) in [6, 6.07) is -0.713. The van der Waals surface area contributed by atoms with Gasteiger partial charge in [-0.15, -0.1) is 0 Å². The van der Waals surface area contributed by atoms with E-state index in [1.165, 1.54) is 6.92 Å². The third-order valence-electron chi connectivity index (χ3n) is 1.20. The maximum atomic E-state index is 12.4. The van der Waals surface area contributed by atoms with Crippen LogP contribution >= 0.6 is 0 Å². The second-order valence-corrected chi connectivity index (χ2v) is 3.81. The molecule has 0 fully saturated rings. The lowest BCUT2D eigenvalue weighted by Crippen LogP contribution is -2.37. The lowest BCUT2D eigenvalue weighted by molar-refractivity contribution is 0.0511. The van der Waals surface area contributed by atoms with Gasteiger partial charge in [0.15, 0.2) is 0 Å². The molecule has 0 aliphatic rings. The predicted molar refractivity (Wildman–Crippen MR) is 49.1 cm³/mol. The zero-order valence-electron chi connectivity index (χ0n) is 8.48. The monoisotopic (exact) mass is 189 g/mol. The number of amides is 1. The van der Waals surface area contributed by atoms with Crippen molar-refractivity contribution in [2.24, 2.45) is 0 Å². The standard InChI is InChI=1S/C9H16FNO2/c1-6(10)7(2)11-8(12)13-9(3,4)5/h7H,1H2,2-5H3,(H,11,12). The van der Waals surface area contributed by atoms with E-state index in [1.54, 1.807) is 20.8 Å². The van der Waals surface area contributed by atoms with Gasteiger partial charge < -0.3 is 10.1 Å². The summed E-state index contributed by atoms with van der Waals surface area (Å²) in [5, 5.41) is 2.30. The predicted octanol–water partition coefficient (Wildman–Crippen LogP) is 2.38. The van der Waals surface area contributed by atoms with Crippen molar-refractivity contribution in [3.8, 4) is 0 Å². The largest absolute Gasteiger partial charge is 0.444 e. The molecule has 1 amide bonds. The summed E-state index contributed by atoms with van der Waals surface area (Å²) in [6.07, 6.45) is -0.640. The highest BCUT2D eigenvalue weighted by Gasteiger charge is 2.18. The summed E-state index contributed by atoms with van der Waals surface area (Å²) in [5.41, 5.74) is -0.568. The molecule has 76 valence electrons. The van der Waals surface area contributed by atoms with Crippen molar-refractivity contribution in [2.45, 2.75) is 39.3 Å². The fourth-order valence-electron chi connectivity index (χ4n) is 0.563. The number of hydrogen-bond acceptors (Lipinski definition) is 2. The fraction of sp³-hybridized carbons (Fsp3) is 0.667. The van der Waals surface area contributed by atoms with E-state index < -0.39 is 23.6 Å². The van der Waals surface area contributed by atoms with Crippen molar-refractivity contribution in [3.63, 3.8) is 0 Å². The molecule has 0 radical (unpaired) electrons. The molecule has 0 aromatic carbocycles. The van der Waals surface area contributed by atoms with Gasteiger partial charge in [0.05, 0.1) is 6.04 Å². The second kappa shape index (κ2) is 4.25. The highest BCUT2D eigenvalue weighted by molar-refractivity contribution is 5.68. The Bertz CT molecular complexity index is 208. The molecule has 1 unspecified atom stereocenters. The van der Waals surface area contributed by atoms with E-state index in [0.717, 1.165) is 0 Å². The van der Waals surface area contributed by atoms with Gasteiger partial charge in [0.1, 0.15) is 11.4 Å². The van der Waals surface area contributed by atoms with Crippen molar-refractivity contribution in [3.05, 3.63) is 12.4 Å². The molecular formula is C9H16FNO2. The molecule has 0 bridgehead atoms. The number of rotatable bonds is 2. The SMILES string of the molecule is C=C(F)C(C)NC(=O)OC(C)(C)C. The summed E-state index contributed by atoms with van der Waals surface area (Å²) < 4.78 is 17.3. The van der Waals surface area contributed by atoms with E-state index in [4.69, 9.17) is 4.74 Å². The van der Waals surface area contributed by atoms with Gasteiger partial charge in [-0.25, -0.2) is 9.18 Å². The van der Waals surface area contributed by atoms with Crippen LogP contribution in [0.25, 0.3) is 0 Å². The summed E-state index contributed by atoms with van der Waals surface area (Å²) >= 11 is 0. The van der Waals surface area contributed by atoms with E-state index in [0.29, 0.717) is 0 Å². The fourth-order valence-corrected chi connectivity index (χ4v) is 0.563. The lowest BCUT2D eigenvalue weighted by atomic mass is 10.2. The molecule has 0 aliphatic carbocycles. The van der Waals surface area contributed by atoms with Gasteiger partial charge in [-0.05, 0) is 27.7 Å². The Morgan fingerprint density at radius 3 is 2.31 bits per heavy atom. The number of carbonyl (C=O) groups excluding carboxylic acids is 1. The number of carbonyl (C=O) groups is 1. The van der Waals surface area contributed by atoms with Gasteiger partial charge in [0.2, 0.25) is 0 Å². The minimum Gasteiger partial charge on any atom is -0.444 e. The third-order valence-corrected chi connectivity index (χ3v) is 1.20. The van der Waals surface area contributed by atoms with Gasteiger partial charge >= 0.3 is 6.09 Å². The van der Waals surface area contributed by atoms with Crippen LogP contribution in [-0.2, 0) is 4.74 Å². The van der Waals surface area contributed by atoms with Crippen LogP contribution in [0.3, 0.4) is 0 Å². The van der Waals surface area contributed by atoms with E-state index in [2.05, 4.69) is 11.9 Å². The summed E-state index contributed by atoms with van der Waals surface area (Å²) in [6.45, 7) is 9.77. The minimum absolute atomic E-state index is 0.568. The van der Waals surface area contributed by atoms with Crippen molar-refractivity contribution in [1.82, 2.24) is 5.32 Å². The van der Waals surface area contributed by atoms with E-state index in [9.17, 15) is 9.18 Å². The molecule has 0 saturated heterocycles. The van der Waals surface area contributed by atoms with Gasteiger partial charge in [-0.2, -0.15) is 0 Å². The molecule has 13 heavy (non-hydrogen) atoms. The Morgan fingerprint density at radius 1 is 1.54 bits per heavy atom. The highest BCUT2D eigenvalue weighted by atomic mass is 19.1. The van der Waals surface area contributed by atoms with E-state index in [1.807, 2.05) is 0 Å². The van der Waals surface area contributed by atoms with Crippen molar-refractivity contribution in [2.75, 3.05) is 0 Å². The van der Waals surface area contributed by atoms with Gasteiger partial charge in [0, 0.05) is 0 Å². The normalized spacial score (nSPS) is 13.3. The van der Waals surface area contributed by atoms with Gasteiger partial charge in [-0.1, -0.05) is 6.58 Å². The summed E-state index contributed by atoms with van der Waals surface area (Å²) in [7, 11) is 0. The first kappa shape index (κ1) is 11.9. The molecule has 0 rings (SSSR count). The van der Waals surface area contributed by atoms with Crippen LogP contribution in [0.15, 0.2) is 12.4 Å². The Hall–Kier alpha value is -1.06. The summed E-state index contributed by atoms with van der Waals surface area (Å²) in [5.74, 6) is -0.592. The number of alkyl carbamates (subject to hydrolysis) is 1. The van der Waals surface area contributed by atoms with Crippen LogP contribution < -0.4 is 5.32 Å². The molecule has 0 aliphatic heterocycles. The minimum atomic E-state index is -0.713. The molecular weight excluding hydrogens is 173 g/mol. The number of nitrogens with one attached hydrogen (secondary N) is 1. The van der Waals surface area contributed by atoms with Crippen LogP contribution in [0.4, 0.5) is 9.18 Å². The molecule has 0 spiro atoms. The highest BCUT2D eigenvalue weighted by Crippen LogP contribution is 2.07. The van der Waals surface area contributed by atoms with Crippen molar-refractivity contribution in [1.29, 1.82) is 0 Å². The smallest absolute Gasteiger partial charge is 0.408 e. The first-order valence-corrected chi connectivity index (χ1v) is 4.06. The first-order chi connectivity index (χ1) is 5.72. The zero-order valence-corrected chi connectivity index (χ0v) is 8.48. The zero-order chi connectivity index (χ0) is 10.6. The molecule has 1 N–H and O–H groups in total. The molecule has 3 nitrogen and oxygen atoms in total. The van der Waals surface area contributed by atoms with Gasteiger partial charge in [-0.3, -0.25) is 0 Å². The van der Waals surface area contributed by atoms with Crippen molar-refractivity contribution >= 4 is 6.09 Å². The van der Waals surface area contributed by atoms with Crippen LogP contribution in [0.5, 0.6) is 0 Å². The Morgan fingerprint density at radius 2 is 2.00 bits per heavy atom. The molecule has 4 heteroatoms. The van der Waals surface area contributed by atoms with E-state index in [-0.39, 0.29) is 0 Å². The van der Waals surface area contributed by atoms with E-state index >= 15 is 0 Å². The molecule has 0 heterocycles. The van der Waals surface area contributed by atoms with Crippen molar-refractivity contribution < 1.29 is 13.9 Å². The topological polar surface area (TPSA) is 38.3 Å². The maximum Gasteiger partial charge on any atom is 0.408 e. The molecule has 0 saturated carbocycles.